The average molecular weight is 1190 g/mol. The number of aryl methyl sites for hydroxylation is 1. The van der Waals surface area contributed by atoms with Crippen molar-refractivity contribution in [3.63, 3.8) is 0 Å². The number of aromatic nitrogens is 4. The Hall–Kier alpha value is -7.57. The fourth-order valence-electron chi connectivity index (χ4n) is 9.10. The van der Waals surface area contributed by atoms with Crippen molar-refractivity contribution in [3.8, 4) is 0 Å². The minimum Gasteiger partial charge on any atom is -0.449 e. The van der Waals surface area contributed by atoms with Gasteiger partial charge in [0, 0.05) is 43.4 Å². The molecular formula is C61H74B3F4N7O11. The van der Waals surface area contributed by atoms with Gasteiger partial charge in [-0.15, -0.1) is 0 Å². The number of carbonyl (C=O) groups is 6. The molecule has 25 heteroatoms. The highest BCUT2D eigenvalue weighted by molar-refractivity contribution is 6.51. The van der Waals surface area contributed by atoms with Crippen molar-refractivity contribution in [2.45, 2.75) is 143 Å². The Kier molecular flexibility index (Phi) is 23.9. The molecule has 86 heavy (non-hydrogen) atoms. The van der Waals surface area contributed by atoms with E-state index in [1.807, 2.05) is 37.3 Å². The molecule has 2 aromatic heterocycles. The van der Waals surface area contributed by atoms with Gasteiger partial charge in [-0.2, -0.15) is 13.2 Å². The zero-order chi connectivity index (χ0) is 64.0. The lowest BCUT2D eigenvalue weighted by Gasteiger charge is -2.31. The molecule has 1 aliphatic carbocycles. The maximum absolute atomic E-state index is 13.9. The van der Waals surface area contributed by atoms with Crippen LogP contribution in [0.2, 0.25) is 12.6 Å². The number of fused-ring (bicyclic) bond motifs is 1. The Balaban J connectivity index is 0.000000238. The number of Topliss-reactive ketones (excluding diaryl/α,β-unsaturated/α-hetero) is 3. The van der Waals surface area contributed by atoms with E-state index in [-0.39, 0.29) is 77.9 Å². The molecule has 3 atom stereocenters. The van der Waals surface area contributed by atoms with Crippen LogP contribution in [-0.4, -0.2) is 119 Å². The molecule has 8 N–H and O–H groups in total. The van der Waals surface area contributed by atoms with E-state index in [9.17, 15) is 71.4 Å². The third-order valence-corrected chi connectivity index (χ3v) is 14.4. The predicted octanol–water partition coefficient (Wildman–Crippen LogP) is 7.58. The lowest BCUT2D eigenvalue weighted by Crippen LogP contribution is -2.52. The van der Waals surface area contributed by atoms with Gasteiger partial charge in [0.25, 0.3) is 5.91 Å². The monoisotopic (exact) mass is 1190 g/mol. The summed E-state index contributed by atoms with van der Waals surface area (Å²) in [5, 5.41) is 56.7. The van der Waals surface area contributed by atoms with Crippen LogP contribution in [0.25, 0.3) is 11.0 Å². The summed E-state index contributed by atoms with van der Waals surface area (Å²) in [5.41, 5.74) is -1.27. The normalized spacial score (nSPS) is 13.9. The van der Waals surface area contributed by atoms with Crippen molar-refractivity contribution < 1.29 is 71.4 Å². The highest BCUT2D eigenvalue weighted by Crippen LogP contribution is 2.41. The molecule has 0 spiro atoms. The molecule has 0 radical (unpaired) electrons. The number of carbonyl (C=O) groups excluding carboxylic acids is 6. The molecule has 6 aromatic rings. The molecule has 0 aliphatic heterocycles. The summed E-state index contributed by atoms with van der Waals surface area (Å²) in [6.07, 6.45) is 2.02. The summed E-state index contributed by atoms with van der Waals surface area (Å²) in [5.74, 6) is -5.62. The number of ketones is 3. The summed E-state index contributed by atoms with van der Waals surface area (Å²) in [4.78, 5) is 92.3. The van der Waals surface area contributed by atoms with Crippen molar-refractivity contribution in [1.29, 1.82) is 0 Å². The molecule has 0 unspecified atom stereocenters. The molecule has 1 aliphatic rings. The molecule has 18 nitrogen and oxygen atoms in total. The van der Waals surface area contributed by atoms with E-state index < -0.39 is 90.0 Å². The van der Waals surface area contributed by atoms with Crippen LogP contribution in [0.4, 0.5) is 17.6 Å². The quantitative estimate of drug-likeness (QED) is 0.0174. The highest BCUT2D eigenvalue weighted by atomic mass is 19.4. The van der Waals surface area contributed by atoms with E-state index in [2.05, 4.69) is 56.7 Å². The minimum absolute atomic E-state index is 0.0274. The molecule has 4 aromatic carbocycles. The first kappa shape index (κ1) is 69.2. The summed E-state index contributed by atoms with van der Waals surface area (Å²) in [6.45, 7) is 15.6. The summed E-state index contributed by atoms with van der Waals surface area (Å²) < 4.78 is 53.5. The van der Waals surface area contributed by atoms with Crippen molar-refractivity contribution in [1.82, 2.24) is 35.9 Å². The number of para-hydroxylation sites is 2. The summed E-state index contributed by atoms with van der Waals surface area (Å²) >= 11 is 0. The molecule has 7 rings (SSSR count). The predicted molar refractivity (Wildman–Crippen MR) is 318 cm³/mol. The maximum atomic E-state index is 13.9. The molecular weight excluding hydrogens is 1120 g/mol. The largest absolute Gasteiger partial charge is 0.475 e. The third-order valence-electron chi connectivity index (χ3n) is 14.4. The van der Waals surface area contributed by atoms with E-state index >= 15 is 0 Å². The van der Waals surface area contributed by atoms with Gasteiger partial charge >= 0.3 is 27.3 Å². The van der Waals surface area contributed by atoms with E-state index in [4.69, 9.17) is 0 Å². The number of nitrogens with zero attached hydrogens (tertiary/aromatic N) is 4. The number of benzene rings is 4. The second kappa shape index (κ2) is 29.7. The van der Waals surface area contributed by atoms with Crippen molar-refractivity contribution in [2.75, 3.05) is 0 Å². The maximum Gasteiger partial charge on any atom is 0.475 e. The molecule has 2 heterocycles. The van der Waals surface area contributed by atoms with Crippen molar-refractivity contribution in [3.05, 3.63) is 167 Å². The molecule has 456 valence electrons. The van der Waals surface area contributed by atoms with Crippen LogP contribution < -0.4 is 16.0 Å². The zero-order valence-corrected chi connectivity index (χ0v) is 49.7. The van der Waals surface area contributed by atoms with Crippen LogP contribution in [0.1, 0.15) is 141 Å². The van der Waals surface area contributed by atoms with Gasteiger partial charge in [-0.25, -0.2) is 14.4 Å². The topological polar surface area (TPSA) is 291 Å². The van der Waals surface area contributed by atoms with Crippen molar-refractivity contribution >= 4 is 67.3 Å². The second-order valence-electron chi connectivity index (χ2n) is 24.2. The van der Waals surface area contributed by atoms with Gasteiger partial charge in [0.05, 0.1) is 56.9 Å². The number of hydrogen-bond acceptors (Lipinski definition) is 15. The standard InChI is InChI=1S/C22H23BF3NO4.C22H23BFN3O4.C17H28BN3O3/c1-14-6-8-15(9-7-14)12-16(23(30)31)13-19(28)21(10-11-21)27-20(29)17-4-2-3-5-18(17)22(24,25)26;1-22(2,12-19(28)18-13-25-16-9-5-6-10-17(16)26-18)21(29)27-20(23(30)31)11-14-7-3-4-8-15(14)24;1-16(2,3)10-14(18(6)24)21-15(23)17(4,5)9-13(22)12-11-19-7-8-20-12/h2-9,16,30-31H,10-13H2,1H3,(H,27,29);3-10,13,20,30-31H,11-12H2,1-2H3,(H,27,29);7-8,11,14,24H,9-10H2,1-6H3,(H,21,23)/t16-;20-;14-/m100/s1. The minimum atomic E-state index is -4.70. The number of hydrogen-bond donors (Lipinski definition) is 8. The van der Waals surface area contributed by atoms with E-state index in [0.717, 1.165) is 23.3 Å². The SMILES string of the molecule is CB(O)[C@H](CC(C)(C)C)NC(=O)C(C)(C)CC(=O)c1cnccn1.CC(C)(CC(=O)c1cnc2ccccc2n1)C(=O)N[C@@H](Cc1ccccc1F)B(O)O.Cc1ccc(C[C@H](CC(=O)C2(NC(=O)c3ccccc3C(F)(F)F)CC2)B(O)O)cc1. The molecule has 0 bridgehead atoms. The highest BCUT2D eigenvalue weighted by Gasteiger charge is 2.52. The molecule has 0 saturated heterocycles. The molecule has 1 fully saturated rings. The second-order valence-corrected chi connectivity index (χ2v) is 24.2. The van der Waals surface area contributed by atoms with E-state index in [1.165, 1.54) is 55.1 Å². The lowest BCUT2D eigenvalue weighted by molar-refractivity contribution is -0.138. The fourth-order valence-corrected chi connectivity index (χ4v) is 9.10. The Bertz CT molecular complexity index is 3310. The third kappa shape index (κ3) is 20.6. The van der Waals surface area contributed by atoms with Gasteiger partial charge in [-0.05, 0) is 85.9 Å². The van der Waals surface area contributed by atoms with Gasteiger partial charge < -0.3 is 41.1 Å². The summed E-state index contributed by atoms with van der Waals surface area (Å²) in [7, 11) is -3.65. The van der Waals surface area contributed by atoms with Crippen LogP contribution in [0.3, 0.4) is 0 Å². The first-order chi connectivity index (χ1) is 40.1. The number of amides is 3. The fraction of sp³-hybridized carbons (Fsp3) is 0.410. The first-order valence-electron chi connectivity index (χ1n) is 28.0. The lowest BCUT2D eigenvalue weighted by atomic mass is 9.59. The first-order valence-corrected chi connectivity index (χ1v) is 28.0. The number of rotatable bonds is 23. The van der Waals surface area contributed by atoms with Gasteiger partial charge in [-0.3, -0.25) is 38.7 Å². The average Bonchev–Trinajstić information content (AvgIpc) is 2.28. The number of nitrogens with one attached hydrogen (secondary N) is 3. The van der Waals surface area contributed by atoms with Gasteiger partial charge in [0.2, 0.25) is 11.8 Å². The number of alkyl halides is 3. The summed E-state index contributed by atoms with van der Waals surface area (Å²) in [6, 6.07) is 24.8. The van der Waals surface area contributed by atoms with Gasteiger partial charge in [0.15, 0.2) is 17.3 Å². The van der Waals surface area contributed by atoms with E-state index in [0.29, 0.717) is 30.3 Å². The Morgan fingerprint density at radius 3 is 1.74 bits per heavy atom. The Morgan fingerprint density at radius 1 is 0.651 bits per heavy atom. The zero-order valence-electron chi connectivity index (χ0n) is 49.7. The van der Waals surface area contributed by atoms with Crippen LogP contribution in [-0.2, 0) is 33.4 Å². The van der Waals surface area contributed by atoms with Crippen LogP contribution >= 0.6 is 0 Å². The van der Waals surface area contributed by atoms with Crippen LogP contribution in [0.5, 0.6) is 0 Å². The number of halogens is 4. The van der Waals surface area contributed by atoms with E-state index in [1.54, 1.807) is 58.8 Å². The Labute approximate surface area is 498 Å². The van der Waals surface area contributed by atoms with Gasteiger partial charge in [-0.1, -0.05) is 128 Å². The smallest absolute Gasteiger partial charge is 0.449 e. The molecule has 1 saturated carbocycles. The van der Waals surface area contributed by atoms with Crippen LogP contribution in [0.15, 0.2) is 122 Å². The molecule has 3 amide bonds. The van der Waals surface area contributed by atoms with Gasteiger partial charge in [0.1, 0.15) is 17.2 Å². The van der Waals surface area contributed by atoms with Crippen molar-refractivity contribution in [2.24, 2.45) is 16.2 Å². The Morgan fingerprint density at radius 2 is 1.21 bits per heavy atom. The van der Waals surface area contributed by atoms with Crippen LogP contribution in [0, 0.1) is 29.0 Å².